The predicted octanol–water partition coefficient (Wildman–Crippen LogP) is 4.72. The first-order valence-corrected chi connectivity index (χ1v) is 14.2. The zero-order chi connectivity index (χ0) is 26.6. The molecule has 2 saturated heterocycles. The Morgan fingerprint density at radius 1 is 1.03 bits per heavy atom. The third kappa shape index (κ3) is 5.66. The second-order valence-corrected chi connectivity index (χ2v) is 11.1. The highest BCUT2D eigenvalue weighted by Gasteiger charge is 2.40. The van der Waals surface area contributed by atoms with E-state index in [9.17, 15) is 9.59 Å². The molecule has 7 nitrogen and oxygen atoms in total. The van der Waals surface area contributed by atoms with Crippen molar-refractivity contribution in [2.24, 2.45) is 5.73 Å². The SMILES string of the molecule is CC(=O)N(Cc1ccccc1Cl)C(=O)C(C(N)c1c[nH]c2ccccc12)N1CCC(N2CCCCC2)CC1. The Balaban J connectivity index is 1.44. The second kappa shape index (κ2) is 12.0. The minimum Gasteiger partial charge on any atom is -0.361 e. The number of aromatic amines is 1. The second-order valence-electron chi connectivity index (χ2n) is 10.7. The van der Waals surface area contributed by atoms with Crippen LogP contribution in [0.5, 0.6) is 0 Å². The molecule has 3 N–H and O–H groups in total. The predicted molar refractivity (Wildman–Crippen MR) is 152 cm³/mol. The lowest BCUT2D eigenvalue weighted by molar-refractivity contribution is -0.149. The summed E-state index contributed by atoms with van der Waals surface area (Å²) in [6.45, 7) is 5.42. The van der Waals surface area contributed by atoms with Gasteiger partial charge in [0.1, 0.15) is 6.04 Å². The van der Waals surface area contributed by atoms with Gasteiger partial charge in [0.15, 0.2) is 0 Å². The maximum atomic E-state index is 14.3. The monoisotopic (exact) mass is 535 g/mol. The normalized spacial score (nSPS) is 19.3. The van der Waals surface area contributed by atoms with Crippen molar-refractivity contribution in [3.05, 3.63) is 70.9 Å². The van der Waals surface area contributed by atoms with Crippen LogP contribution in [0, 0.1) is 0 Å². The average Bonchev–Trinajstić information content (AvgIpc) is 3.37. The molecule has 2 aliphatic rings. The fraction of sp³-hybridized carbons (Fsp3) is 0.467. The fourth-order valence-corrected chi connectivity index (χ4v) is 6.39. The fourth-order valence-electron chi connectivity index (χ4n) is 6.19. The van der Waals surface area contributed by atoms with Gasteiger partial charge in [-0.1, -0.05) is 54.4 Å². The Morgan fingerprint density at radius 2 is 1.71 bits per heavy atom. The van der Waals surface area contributed by atoms with Gasteiger partial charge in [-0.15, -0.1) is 0 Å². The van der Waals surface area contributed by atoms with Gasteiger partial charge in [0, 0.05) is 48.2 Å². The number of para-hydroxylation sites is 1. The number of nitrogens with one attached hydrogen (secondary N) is 1. The molecule has 0 aliphatic carbocycles. The molecule has 2 aromatic carbocycles. The number of amides is 2. The van der Waals surface area contributed by atoms with E-state index >= 15 is 0 Å². The topological polar surface area (TPSA) is 85.7 Å². The highest BCUT2D eigenvalue weighted by molar-refractivity contribution is 6.31. The number of carbonyl (C=O) groups excluding carboxylic acids is 2. The first-order valence-electron chi connectivity index (χ1n) is 13.8. The zero-order valence-electron chi connectivity index (χ0n) is 22.1. The van der Waals surface area contributed by atoms with Gasteiger partial charge in [-0.25, -0.2) is 0 Å². The van der Waals surface area contributed by atoms with Crippen LogP contribution in [-0.4, -0.2) is 69.8 Å². The first-order chi connectivity index (χ1) is 18.4. The molecule has 3 heterocycles. The molecule has 38 heavy (non-hydrogen) atoms. The Labute approximate surface area is 229 Å². The van der Waals surface area contributed by atoms with Crippen molar-refractivity contribution in [1.29, 1.82) is 0 Å². The maximum Gasteiger partial charge on any atom is 0.248 e. The number of imide groups is 1. The summed E-state index contributed by atoms with van der Waals surface area (Å²) in [5, 5.41) is 1.54. The van der Waals surface area contributed by atoms with Crippen LogP contribution in [0.4, 0.5) is 0 Å². The molecule has 2 amide bonds. The number of halogens is 1. The van der Waals surface area contributed by atoms with Gasteiger partial charge in [0.2, 0.25) is 11.8 Å². The number of piperidine rings is 2. The average molecular weight is 536 g/mol. The smallest absolute Gasteiger partial charge is 0.248 e. The van der Waals surface area contributed by atoms with Crippen molar-refractivity contribution >= 4 is 34.3 Å². The minimum atomic E-state index is -0.664. The van der Waals surface area contributed by atoms with Crippen LogP contribution >= 0.6 is 11.6 Å². The molecule has 0 radical (unpaired) electrons. The molecule has 2 unspecified atom stereocenters. The van der Waals surface area contributed by atoms with E-state index in [4.69, 9.17) is 17.3 Å². The quantitative estimate of drug-likeness (QED) is 0.457. The minimum absolute atomic E-state index is 0.120. The molecule has 5 rings (SSSR count). The van der Waals surface area contributed by atoms with Crippen LogP contribution < -0.4 is 5.73 Å². The Bertz CT molecular complexity index is 1260. The largest absolute Gasteiger partial charge is 0.361 e. The van der Waals surface area contributed by atoms with Crippen LogP contribution in [0.3, 0.4) is 0 Å². The third-order valence-corrected chi connectivity index (χ3v) is 8.67. The summed E-state index contributed by atoms with van der Waals surface area (Å²) < 4.78 is 0. The van der Waals surface area contributed by atoms with E-state index in [1.54, 1.807) is 6.07 Å². The molecule has 0 bridgehead atoms. The van der Waals surface area contributed by atoms with Crippen LogP contribution in [-0.2, 0) is 16.1 Å². The summed E-state index contributed by atoms with van der Waals surface area (Å²) in [4.78, 5) is 36.6. The number of nitrogens with two attached hydrogens (primary N) is 1. The molecule has 1 aromatic heterocycles. The molecular formula is C30H38ClN5O2. The highest BCUT2D eigenvalue weighted by atomic mass is 35.5. The van der Waals surface area contributed by atoms with E-state index in [-0.39, 0.29) is 18.4 Å². The van der Waals surface area contributed by atoms with Crippen molar-refractivity contribution in [3.8, 4) is 0 Å². The van der Waals surface area contributed by atoms with E-state index in [1.165, 1.54) is 31.1 Å². The van der Waals surface area contributed by atoms with Gasteiger partial charge in [-0.05, 0) is 62.0 Å². The molecule has 2 fully saturated rings. The number of likely N-dealkylation sites (tertiary alicyclic amines) is 2. The molecular weight excluding hydrogens is 498 g/mol. The van der Waals surface area contributed by atoms with E-state index in [1.807, 2.05) is 48.7 Å². The summed E-state index contributed by atoms with van der Waals surface area (Å²) in [5.74, 6) is -0.583. The molecule has 0 spiro atoms. The summed E-state index contributed by atoms with van der Waals surface area (Å²) in [5.41, 5.74) is 9.57. The molecule has 2 aliphatic heterocycles. The molecule has 202 valence electrons. The Hall–Kier alpha value is -2.71. The van der Waals surface area contributed by atoms with Crippen molar-refractivity contribution in [2.75, 3.05) is 26.2 Å². The maximum absolute atomic E-state index is 14.3. The standard InChI is InChI=1S/C30H38ClN5O2/c1-21(37)36(20-22-9-3-5-11-26(22)31)30(38)29(28(32)25-19-33-27-12-6-4-10-24(25)27)35-17-13-23(14-18-35)34-15-7-2-8-16-34/h3-6,9-12,19,23,28-29,33H,2,7-8,13-18,20,32H2,1H3. The molecule has 0 saturated carbocycles. The van der Waals surface area contributed by atoms with Crippen molar-refractivity contribution in [3.63, 3.8) is 0 Å². The number of benzene rings is 2. The summed E-state index contributed by atoms with van der Waals surface area (Å²) in [6, 6.07) is 14.6. The van der Waals surface area contributed by atoms with E-state index < -0.39 is 12.1 Å². The number of H-pyrrole nitrogens is 1. The highest BCUT2D eigenvalue weighted by Crippen LogP contribution is 2.31. The lowest BCUT2D eigenvalue weighted by Gasteiger charge is -2.44. The van der Waals surface area contributed by atoms with Gasteiger partial charge in [-0.2, -0.15) is 0 Å². The van der Waals surface area contributed by atoms with Crippen molar-refractivity contribution in [1.82, 2.24) is 19.7 Å². The summed E-state index contributed by atoms with van der Waals surface area (Å²) in [6.07, 6.45) is 7.74. The van der Waals surface area contributed by atoms with Gasteiger partial charge in [-0.3, -0.25) is 19.4 Å². The van der Waals surface area contributed by atoms with E-state index in [2.05, 4.69) is 14.8 Å². The van der Waals surface area contributed by atoms with Crippen LogP contribution in [0.25, 0.3) is 10.9 Å². The number of hydrogen-bond acceptors (Lipinski definition) is 5. The van der Waals surface area contributed by atoms with Crippen molar-refractivity contribution in [2.45, 2.75) is 63.7 Å². The van der Waals surface area contributed by atoms with Crippen molar-refractivity contribution < 1.29 is 9.59 Å². The van der Waals surface area contributed by atoms with E-state index in [0.29, 0.717) is 11.1 Å². The summed E-state index contributed by atoms with van der Waals surface area (Å²) in [7, 11) is 0. The number of carbonyl (C=O) groups is 2. The Kier molecular flexibility index (Phi) is 8.48. The lowest BCUT2D eigenvalue weighted by atomic mass is 9.93. The number of fused-ring (bicyclic) bond motifs is 1. The van der Waals surface area contributed by atoms with Crippen LogP contribution in [0.15, 0.2) is 54.7 Å². The Morgan fingerprint density at radius 3 is 2.42 bits per heavy atom. The van der Waals surface area contributed by atoms with Crippen LogP contribution in [0.1, 0.15) is 56.2 Å². The number of aromatic nitrogens is 1. The molecule has 2 atom stereocenters. The zero-order valence-corrected chi connectivity index (χ0v) is 22.9. The first kappa shape index (κ1) is 26.9. The van der Waals surface area contributed by atoms with E-state index in [0.717, 1.165) is 61.1 Å². The number of nitrogens with zero attached hydrogens (tertiary/aromatic N) is 3. The number of rotatable bonds is 7. The molecule has 8 heteroatoms. The van der Waals surface area contributed by atoms with Gasteiger partial charge in [0.25, 0.3) is 0 Å². The lowest BCUT2D eigenvalue weighted by Crippen LogP contribution is -2.58. The molecule has 3 aromatic rings. The summed E-state index contributed by atoms with van der Waals surface area (Å²) >= 11 is 6.41. The third-order valence-electron chi connectivity index (χ3n) is 8.31. The number of hydrogen-bond donors (Lipinski definition) is 2. The van der Waals surface area contributed by atoms with Gasteiger partial charge >= 0.3 is 0 Å². The van der Waals surface area contributed by atoms with Crippen LogP contribution in [0.2, 0.25) is 5.02 Å². The van der Waals surface area contributed by atoms with Gasteiger partial charge < -0.3 is 15.6 Å². The van der Waals surface area contributed by atoms with Gasteiger partial charge in [0.05, 0.1) is 12.6 Å².